The van der Waals surface area contributed by atoms with Crippen molar-refractivity contribution in [2.24, 2.45) is 0 Å². The highest BCUT2D eigenvalue weighted by molar-refractivity contribution is 5.96. The molecule has 22 heavy (non-hydrogen) atoms. The number of hydrogen-bond acceptors (Lipinski definition) is 3. The Balaban J connectivity index is 2.31. The van der Waals surface area contributed by atoms with Gasteiger partial charge in [0, 0.05) is 12.6 Å². The molecule has 1 aromatic carbocycles. The number of rotatable bonds is 5. The van der Waals surface area contributed by atoms with Gasteiger partial charge in [0.25, 0.3) is 5.91 Å². The number of carbonyl (C=O) groups excluding carboxylic acids is 1. The van der Waals surface area contributed by atoms with E-state index in [9.17, 15) is 9.18 Å². The second-order valence-corrected chi connectivity index (χ2v) is 5.32. The molecule has 0 fully saturated rings. The molecule has 0 aliphatic carbocycles. The molecule has 0 aliphatic rings. The Morgan fingerprint density at radius 3 is 2.59 bits per heavy atom. The third-order valence-corrected chi connectivity index (χ3v) is 3.53. The maximum absolute atomic E-state index is 13.0. The highest BCUT2D eigenvalue weighted by Crippen LogP contribution is 2.18. The van der Waals surface area contributed by atoms with Crippen LogP contribution in [0.15, 0.2) is 24.3 Å². The molecule has 6 heteroatoms. The number of nitrogens with one attached hydrogen (secondary N) is 1. The van der Waals surface area contributed by atoms with Gasteiger partial charge in [-0.25, -0.2) is 9.07 Å². The monoisotopic (exact) mass is 305 g/mol. The largest absolute Gasteiger partial charge is 0.396 e. The van der Waals surface area contributed by atoms with Gasteiger partial charge in [-0.05, 0) is 51.5 Å². The van der Waals surface area contributed by atoms with Crippen LogP contribution in [0.2, 0.25) is 0 Å². The number of amides is 1. The zero-order chi connectivity index (χ0) is 16.3. The van der Waals surface area contributed by atoms with Crippen molar-refractivity contribution in [1.29, 1.82) is 0 Å². The van der Waals surface area contributed by atoms with Crippen LogP contribution >= 0.6 is 0 Å². The number of aromatic nitrogens is 2. The van der Waals surface area contributed by atoms with Crippen molar-refractivity contribution in [3.63, 3.8) is 0 Å². The molecular weight excluding hydrogens is 285 g/mol. The predicted molar refractivity (Wildman–Crippen MR) is 81.6 cm³/mol. The molecule has 2 N–H and O–H groups in total. The van der Waals surface area contributed by atoms with Crippen LogP contribution in [-0.4, -0.2) is 33.4 Å². The summed E-state index contributed by atoms with van der Waals surface area (Å²) in [5, 5.41) is 16.1. The molecule has 1 heterocycles. The Morgan fingerprint density at radius 1 is 1.36 bits per heavy atom. The van der Waals surface area contributed by atoms with Crippen molar-refractivity contribution in [2.75, 3.05) is 6.61 Å². The lowest BCUT2D eigenvalue weighted by molar-refractivity contribution is 0.0933. The van der Waals surface area contributed by atoms with E-state index in [2.05, 4.69) is 10.4 Å². The lowest BCUT2D eigenvalue weighted by atomic mass is 10.1. The number of halogens is 1. The Kier molecular flexibility index (Phi) is 4.92. The van der Waals surface area contributed by atoms with Crippen molar-refractivity contribution >= 4 is 5.91 Å². The van der Waals surface area contributed by atoms with Crippen LogP contribution in [0.25, 0.3) is 5.69 Å². The second-order valence-electron chi connectivity index (χ2n) is 5.32. The number of aryl methyl sites for hydroxylation is 1. The fraction of sp³-hybridized carbons (Fsp3) is 0.375. The van der Waals surface area contributed by atoms with Crippen LogP contribution < -0.4 is 5.32 Å². The average Bonchev–Trinajstić information content (AvgIpc) is 2.75. The third-order valence-electron chi connectivity index (χ3n) is 3.53. The Hall–Kier alpha value is -2.21. The predicted octanol–water partition coefficient (Wildman–Crippen LogP) is 2.13. The van der Waals surface area contributed by atoms with Gasteiger partial charge in [-0.3, -0.25) is 4.79 Å². The van der Waals surface area contributed by atoms with Crippen LogP contribution in [0.5, 0.6) is 0 Å². The van der Waals surface area contributed by atoms with E-state index in [1.807, 2.05) is 6.92 Å². The number of carbonyl (C=O) groups is 1. The zero-order valence-electron chi connectivity index (χ0n) is 12.9. The lowest BCUT2D eigenvalue weighted by Crippen LogP contribution is -2.33. The van der Waals surface area contributed by atoms with Crippen LogP contribution in [0.3, 0.4) is 0 Å². The minimum absolute atomic E-state index is 0.0221. The number of benzene rings is 1. The number of hydrogen-bond donors (Lipinski definition) is 2. The molecule has 1 aromatic heterocycles. The molecule has 0 unspecified atom stereocenters. The Labute approximate surface area is 128 Å². The van der Waals surface area contributed by atoms with Crippen molar-refractivity contribution in [3.05, 3.63) is 47.0 Å². The van der Waals surface area contributed by atoms with Crippen LogP contribution in [0, 0.1) is 19.7 Å². The van der Waals surface area contributed by atoms with Gasteiger partial charge in [-0.15, -0.1) is 0 Å². The Bertz CT molecular complexity index is 665. The number of aliphatic hydroxyl groups is 1. The van der Waals surface area contributed by atoms with Gasteiger partial charge in [-0.1, -0.05) is 0 Å². The van der Waals surface area contributed by atoms with E-state index in [4.69, 9.17) is 5.11 Å². The molecule has 118 valence electrons. The summed E-state index contributed by atoms with van der Waals surface area (Å²) < 4.78 is 14.6. The fourth-order valence-electron chi connectivity index (χ4n) is 2.37. The van der Waals surface area contributed by atoms with E-state index in [1.165, 1.54) is 12.1 Å². The number of aliphatic hydroxyl groups excluding tert-OH is 1. The summed E-state index contributed by atoms with van der Waals surface area (Å²) in [6, 6.07) is 5.82. The van der Waals surface area contributed by atoms with Gasteiger partial charge in [0.15, 0.2) is 0 Å². The summed E-state index contributed by atoms with van der Waals surface area (Å²) in [5.74, 6) is -0.537. The van der Waals surface area contributed by atoms with Gasteiger partial charge in [0.05, 0.1) is 22.6 Å². The van der Waals surface area contributed by atoms with Crippen LogP contribution in [0.1, 0.15) is 35.1 Å². The quantitative estimate of drug-likeness (QED) is 0.889. The van der Waals surface area contributed by atoms with Gasteiger partial charge >= 0.3 is 0 Å². The average molecular weight is 305 g/mol. The van der Waals surface area contributed by atoms with Crippen LogP contribution in [0.4, 0.5) is 4.39 Å². The molecule has 0 radical (unpaired) electrons. The summed E-state index contributed by atoms with van der Waals surface area (Å²) in [7, 11) is 0. The molecule has 5 nitrogen and oxygen atoms in total. The smallest absolute Gasteiger partial charge is 0.255 e. The SMILES string of the molecule is Cc1nn(-c2ccc(F)cc2)c(C)c1C(=O)N[C@H](C)CCO. The van der Waals surface area contributed by atoms with Crippen molar-refractivity contribution < 1.29 is 14.3 Å². The topological polar surface area (TPSA) is 67.2 Å². The summed E-state index contributed by atoms with van der Waals surface area (Å²) >= 11 is 0. The summed E-state index contributed by atoms with van der Waals surface area (Å²) in [6.45, 7) is 5.42. The highest BCUT2D eigenvalue weighted by Gasteiger charge is 2.20. The standard InChI is InChI=1S/C16H20FN3O2/c1-10(8-9-21)18-16(22)15-11(2)19-20(12(15)3)14-6-4-13(17)5-7-14/h4-7,10,21H,8-9H2,1-3H3,(H,18,22)/t10-/m1/s1. The molecule has 1 amide bonds. The summed E-state index contributed by atoms with van der Waals surface area (Å²) in [6.07, 6.45) is 0.496. The first kappa shape index (κ1) is 16.2. The molecule has 0 aliphatic heterocycles. The fourth-order valence-corrected chi connectivity index (χ4v) is 2.37. The maximum Gasteiger partial charge on any atom is 0.255 e. The van der Waals surface area contributed by atoms with Gasteiger partial charge in [0.1, 0.15) is 5.82 Å². The molecule has 0 bridgehead atoms. The second kappa shape index (κ2) is 6.70. The van der Waals surface area contributed by atoms with E-state index in [0.717, 1.165) is 0 Å². The summed E-state index contributed by atoms with van der Waals surface area (Å²) in [5.41, 5.74) is 2.51. The van der Waals surface area contributed by atoms with E-state index in [-0.39, 0.29) is 24.4 Å². The molecule has 0 saturated carbocycles. The maximum atomic E-state index is 13.0. The summed E-state index contributed by atoms with van der Waals surface area (Å²) in [4.78, 5) is 12.4. The molecule has 1 atom stereocenters. The van der Waals surface area contributed by atoms with E-state index in [1.54, 1.807) is 30.7 Å². The van der Waals surface area contributed by atoms with Crippen LogP contribution in [-0.2, 0) is 0 Å². The van der Waals surface area contributed by atoms with Gasteiger partial charge in [-0.2, -0.15) is 5.10 Å². The first-order valence-electron chi connectivity index (χ1n) is 7.18. The molecular formula is C16H20FN3O2. The molecule has 2 rings (SSSR count). The van der Waals surface area contributed by atoms with E-state index < -0.39 is 0 Å². The van der Waals surface area contributed by atoms with Gasteiger partial charge in [0.2, 0.25) is 0 Å². The molecule has 0 spiro atoms. The zero-order valence-corrected chi connectivity index (χ0v) is 12.9. The van der Waals surface area contributed by atoms with E-state index in [0.29, 0.717) is 29.1 Å². The van der Waals surface area contributed by atoms with Gasteiger partial charge < -0.3 is 10.4 Å². The highest BCUT2D eigenvalue weighted by atomic mass is 19.1. The van der Waals surface area contributed by atoms with Crippen molar-refractivity contribution in [3.8, 4) is 5.69 Å². The normalized spacial score (nSPS) is 12.2. The molecule has 2 aromatic rings. The lowest BCUT2D eigenvalue weighted by Gasteiger charge is -2.12. The molecule has 0 saturated heterocycles. The van der Waals surface area contributed by atoms with Crippen molar-refractivity contribution in [2.45, 2.75) is 33.2 Å². The minimum atomic E-state index is -0.318. The van der Waals surface area contributed by atoms with E-state index >= 15 is 0 Å². The number of nitrogens with zero attached hydrogens (tertiary/aromatic N) is 2. The first-order valence-corrected chi connectivity index (χ1v) is 7.18. The first-order chi connectivity index (χ1) is 10.4. The Morgan fingerprint density at radius 2 is 2.00 bits per heavy atom. The minimum Gasteiger partial charge on any atom is -0.396 e. The van der Waals surface area contributed by atoms with Crippen molar-refractivity contribution in [1.82, 2.24) is 15.1 Å². The third kappa shape index (κ3) is 3.33.